The van der Waals surface area contributed by atoms with Gasteiger partial charge < -0.3 is 15.5 Å². The molecule has 1 aliphatic heterocycles. The van der Waals surface area contributed by atoms with Gasteiger partial charge in [-0.15, -0.1) is 0 Å². The van der Waals surface area contributed by atoms with Gasteiger partial charge in [-0.2, -0.15) is 5.26 Å². The van der Waals surface area contributed by atoms with E-state index in [1.807, 2.05) is 51.1 Å². The van der Waals surface area contributed by atoms with Crippen LogP contribution < -0.4 is 15.5 Å². The van der Waals surface area contributed by atoms with Crippen LogP contribution in [-0.4, -0.2) is 42.0 Å². The van der Waals surface area contributed by atoms with Gasteiger partial charge in [0.25, 0.3) is 0 Å². The lowest BCUT2D eigenvalue weighted by atomic mass is 9.99. The highest BCUT2D eigenvalue weighted by Crippen LogP contribution is 2.25. The van der Waals surface area contributed by atoms with Gasteiger partial charge in [0.2, 0.25) is 11.8 Å². The maximum absolute atomic E-state index is 13.0. The van der Waals surface area contributed by atoms with Gasteiger partial charge in [-0.25, -0.2) is 4.98 Å². The van der Waals surface area contributed by atoms with Crippen molar-refractivity contribution in [3.8, 4) is 6.07 Å². The second kappa shape index (κ2) is 10.3. The molecule has 1 aromatic carbocycles. The van der Waals surface area contributed by atoms with Crippen LogP contribution >= 0.6 is 0 Å². The first kappa shape index (κ1) is 23.3. The van der Waals surface area contributed by atoms with Crippen molar-refractivity contribution in [2.24, 2.45) is 0 Å². The van der Waals surface area contributed by atoms with E-state index in [4.69, 9.17) is 0 Å². The van der Waals surface area contributed by atoms with Crippen LogP contribution in [0.3, 0.4) is 0 Å². The molecule has 1 aromatic heterocycles. The van der Waals surface area contributed by atoms with Crippen LogP contribution in [0.25, 0.3) is 0 Å². The Bertz CT molecular complexity index is 1040. The highest BCUT2D eigenvalue weighted by molar-refractivity contribution is 5.87. The third-order valence-corrected chi connectivity index (χ3v) is 5.96. The average Bonchev–Trinajstić information content (AvgIpc) is 2.74. The van der Waals surface area contributed by atoms with Gasteiger partial charge in [0.15, 0.2) is 0 Å². The van der Waals surface area contributed by atoms with E-state index in [2.05, 4.69) is 26.6 Å². The number of nitrogens with one attached hydrogen (secondary N) is 2. The van der Waals surface area contributed by atoms with Gasteiger partial charge in [0, 0.05) is 38.2 Å². The first-order valence-corrected chi connectivity index (χ1v) is 11.0. The molecule has 168 valence electrons. The largest absolute Gasteiger partial charge is 0.355 e. The number of benzene rings is 1. The molecule has 2 aromatic rings. The predicted octanol–water partition coefficient (Wildman–Crippen LogP) is 2.71. The predicted molar refractivity (Wildman–Crippen MR) is 124 cm³/mol. The lowest BCUT2D eigenvalue weighted by Crippen LogP contribution is -2.52. The number of rotatable bonds is 6. The molecule has 3 rings (SSSR count). The van der Waals surface area contributed by atoms with Crippen LogP contribution in [0.2, 0.25) is 0 Å². The van der Waals surface area contributed by atoms with E-state index in [1.54, 1.807) is 0 Å². The number of carbonyl (C=O) groups excluding carboxylic acids is 2. The van der Waals surface area contributed by atoms with E-state index in [0.29, 0.717) is 25.1 Å². The molecule has 0 spiro atoms. The number of piperidine rings is 1. The molecule has 1 fully saturated rings. The SMILES string of the molecule is CC(=O)NC(Cc1ccccc1C)C(=O)NC1CCN(c2nc(C)cc(C)c2C#N)CC1. The number of nitriles is 1. The fraction of sp³-hybridized carbons (Fsp3) is 0.440. The van der Waals surface area contributed by atoms with Crippen molar-refractivity contribution >= 4 is 17.6 Å². The van der Waals surface area contributed by atoms with E-state index in [-0.39, 0.29) is 17.9 Å². The van der Waals surface area contributed by atoms with Crippen LogP contribution in [-0.2, 0) is 16.0 Å². The Balaban J connectivity index is 1.64. The van der Waals surface area contributed by atoms with Crippen molar-refractivity contribution in [1.29, 1.82) is 5.26 Å². The summed E-state index contributed by atoms with van der Waals surface area (Å²) in [6.45, 7) is 8.71. The van der Waals surface area contributed by atoms with Crippen LogP contribution in [0, 0.1) is 32.1 Å². The van der Waals surface area contributed by atoms with Crippen molar-refractivity contribution in [2.45, 2.75) is 59.0 Å². The Hall–Kier alpha value is -3.40. The summed E-state index contributed by atoms with van der Waals surface area (Å²) >= 11 is 0. The molecule has 0 saturated carbocycles. The smallest absolute Gasteiger partial charge is 0.243 e. The summed E-state index contributed by atoms with van der Waals surface area (Å²) in [5, 5.41) is 15.5. The standard InChI is InChI=1S/C25H31N5O2/c1-16-7-5-6-8-20(16)14-23(28-19(4)31)25(32)29-21-9-11-30(12-10-21)24-22(15-26)17(2)13-18(3)27-24/h5-8,13,21,23H,9-12,14H2,1-4H3,(H,28,31)(H,29,32). The molecule has 0 radical (unpaired) electrons. The Morgan fingerprint density at radius 2 is 1.88 bits per heavy atom. The summed E-state index contributed by atoms with van der Waals surface area (Å²) < 4.78 is 0. The molecular weight excluding hydrogens is 402 g/mol. The van der Waals surface area contributed by atoms with Crippen LogP contribution in [0.15, 0.2) is 30.3 Å². The second-order valence-corrected chi connectivity index (χ2v) is 8.54. The van der Waals surface area contributed by atoms with Gasteiger partial charge in [0.1, 0.15) is 17.9 Å². The Labute approximate surface area is 189 Å². The molecule has 2 N–H and O–H groups in total. The fourth-order valence-corrected chi connectivity index (χ4v) is 4.24. The number of nitrogens with zero attached hydrogens (tertiary/aromatic N) is 3. The zero-order valence-electron chi connectivity index (χ0n) is 19.2. The maximum atomic E-state index is 13.0. The van der Waals surface area contributed by atoms with Gasteiger partial charge in [0.05, 0.1) is 5.56 Å². The Kier molecular flexibility index (Phi) is 7.47. The summed E-state index contributed by atoms with van der Waals surface area (Å²) in [7, 11) is 0. The molecule has 0 aliphatic carbocycles. The van der Waals surface area contributed by atoms with E-state index in [1.165, 1.54) is 6.92 Å². The van der Waals surface area contributed by atoms with E-state index in [9.17, 15) is 14.9 Å². The highest BCUT2D eigenvalue weighted by atomic mass is 16.2. The minimum absolute atomic E-state index is 0.0170. The number of hydrogen-bond acceptors (Lipinski definition) is 5. The number of carbonyl (C=O) groups is 2. The van der Waals surface area contributed by atoms with Gasteiger partial charge in [-0.1, -0.05) is 24.3 Å². The monoisotopic (exact) mass is 433 g/mol. The Morgan fingerprint density at radius 3 is 2.50 bits per heavy atom. The van der Waals surface area contributed by atoms with Crippen LogP contribution in [0.5, 0.6) is 0 Å². The summed E-state index contributed by atoms with van der Waals surface area (Å²) in [6, 6.07) is 11.5. The first-order valence-electron chi connectivity index (χ1n) is 11.0. The molecule has 0 bridgehead atoms. The minimum Gasteiger partial charge on any atom is -0.355 e. The molecular formula is C25H31N5O2. The average molecular weight is 434 g/mol. The zero-order valence-corrected chi connectivity index (χ0v) is 19.2. The second-order valence-electron chi connectivity index (χ2n) is 8.54. The lowest BCUT2D eigenvalue weighted by molar-refractivity contribution is -0.128. The van der Waals surface area contributed by atoms with Crippen molar-refractivity contribution in [3.63, 3.8) is 0 Å². The van der Waals surface area contributed by atoms with Crippen molar-refractivity contribution in [2.75, 3.05) is 18.0 Å². The third kappa shape index (κ3) is 5.64. The summed E-state index contributed by atoms with van der Waals surface area (Å²) in [5.41, 5.74) is 4.57. The molecule has 1 saturated heterocycles. The molecule has 2 amide bonds. The number of anilines is 1. The zero-order chi connectivity index (χ0) is 23.3. The van der Waals surface area contributed by atoms with Crippen molar-refractivity contribution in [3.05, 3.63) is 58.3 Å². The minimum atomic E-state index is -0.613. The molecule has 7 heteroatoms. The normalized spacial score (nSPS) is 15.0. The van der Waals surface area contributed by atoms with E-state index >= 15 is 0 Å². The molecule has 2 heterocycles. The van der Waals surface area contributed by atoms with Gasteiger partial charge in [-0.05, 0) is 56.4 Å². The van der Waals surface area contributed by atoms with Crippen molar-refractivity contribution < 1.29 is 9.59 Å². The maximum Gasteiger partial charge on any atom is 0.243 e. The van der Waals surface area contributed by atoms with Gasteiger partial charge in [-0.3, -0.25) is 9.59 Å². The molecule has 1 aliphatic rings. The number of aromatic nitrogens is 1. The van der Waals surface area contributed by atoms with Crippen LogP contribution in [0.4, 0.5) is 5.82 Å². The molecule has 1 unspecified atom stereocenters. The van der Waals surface area contributed by atoms with E-state index in [0.717, 1.165) is 41.0 Å². The lowest BCUT2D eigenvalue weighted by Gasteiger charge is -2.34. The number of pyridine rings is 1. The molecule has 1 atom stereocenters. The number of aryl methyl sites for hydroxylation is 3. The number of amides is 2. The third-order valence-electron chi connectivity index (χ3n) is 5.96. The molecule has 7 nitrogen and oxygen atoms in total. The summed E-state index contributed by atoms with van der Waals surface area (Å²) in [5.74, 6) is 0.341. The Morgan fingerprint density at radius 1 is 1.19 bits per heavy atom. The fourth-order valence-electron chi connectivity index (χ4n) is 4.24. The topological polar surface area (TPSA) is 98.1 Å². The van der Waals surface area contributed by atoms with Gasteiger partial charge >= 0.3 is 0 Å². The quantitative estimate of drug-likeness (QED) is 0.730. The highest BCUT2D eigenvalue weighted by Gasteiger charge is 2.27. The summed E-state index contributed by atoms with van der Waals surface area (Å²) in [4.78, 5) is 31.4. The van der Waals surface area contributed by atoms with E-state index < -0.39 is 6.04 Å². The van der Waals surface area contributed by atoms with Crippen molar-refractivity contribution in [1.82, 2.24) is 15.6 Å². The molecule has 32 heavy (non-hydrogen) atoms. The van der Waals surface area contributed by atoms with Crippen LogP contribution in [0.1, 0.15) is 47.7 Å². The number of hydrogen-bond donors (Lipinski definition) is 2. The summed E-state index contributed by atoms with van der Waals surface area (Å²) in [6.07, 6.45) is 1.96. The first-order chi connectivity index (χ1) is 15.3.